The van der Waals surface area contributed by atoms with E-state index in [9.17, 15) is 4.79 Å². The first-order valence-electron chi connectivity index (χ1n) is 7.46. The first-order chi connectivity index (χ1) is 8.94. The lowest BCUT2D eigenvalue weighted by atomic mass is 9.82. The molecule has 2 unspecified atom stereocenters. The maximum Gasteiger partial charge on any atom is 0.220 e. The molecule has 1 rings (SSSR count). The molecule has 0 bridgehead atoms. The minimum Gasteiger partial charge on any atom is -0.385 e. The number of nitrogens with one attached hydrogen (secondary N) is 1. The molecule has 1 amide bonds. The molecule has 0 aromatic heterocycles. The second kappa shape index (κ2) is 7.85. The van der Waals surface area contributed by atoms with Crippen LogP contribution >= 0.6 is 0 Å². The number of hydrogen-bond acceptors (Lipinski definition) is 3. The molecule has 4 heteroatoms. The topological polar surface area (TPSA) is 64.3 Å². The van der Waals surface area contributed by atoms with E-state index in [1.807, 2.05) is 0 Å². The van der Waals surface area contributed by atoms with Crippen molar-refractivity contribution in [3.63, 3.8) is 0 Å². The van der Waals surface area contributed by atoms with Gasteiger partial charge in [0.1, 0.15) is 0 Å². The van der Waals surface area contributed by atoms with Crippen molar-refractivity contribution in [2.75, 3.05) is 20.3 Å². The number of carbonyl (C=O) groups excluding carboxylic acids is 1. The van der Waals surface area contributed by atoms with Gasteiger partial charge in [0.2, 0.25) is 5.91 Å². The van der Waals surface area contributed by atoms with E-state index in [-0.39, 0.29) is 17.4 Å². The van der Waals surface area contributed by atoms with Gasteiger partial charge in [0.25, 0.3) is 0 Å². The highest BCUT2D eigenvalue weighted by Gasteiger charge is 2.25. The quantitative estimate of drug-likeness (QED) is 0.744. The van der Waals surface area contributed by atoms with Crippen molar-refractivity contribution >= 4 is 5.91 Å². The molecular formula is C15H30N2O2. The lowest BCUT2D eigenvalue weighted by molar-refractivity contribution is -0.122. The van der Waals surface area contributed by atoms with Crippen LogP contribution in [0.5, 0.6) is 0 Å². The highest BCUT2D eigenvalue weighted by Crippen LogP contribution is 2.25. The fraction of sp³-hybridized carbons (Fsp3) is 0.933. The molecule has 1 saturated carbocycles. The van der Waals surface area contributed by atoms with Crippen LogP contribution in [-0.2, 0) is 9.53 Å². The average molecular weight is 270 g/mol. The molecule has 0 heterocycles. The maximum atomic E-state index is 12.0. The fourth-order valence-electron chi connectivity index (χ4n) is 2.60. The molecule has 1 aliphatic rings. The Morgan fingerprint density at radius 3 is 2.68 bits per heavy atom. The molecule has 2 atom stereocenters. The van der Waals surface area contributed by atoms with Gasteiger partial charge in [-0.3, -0.25) is 4.79 Å². The standard InChI is InChI=1S/C15H30N2O2/c1-15(2,8-9-19-3)11-17-14(18)10-12-6-4-5-7-13(12)16/h12-13H,4-11,16H2,1-3H3,(H,17,18). The molecular weight excluding hydrogens is 240 g/mol. The smallest absolute Gasteiger partial charge is 0.220 e. The number of rotatable bonds is 7. The van der Waals surface area contributed by atoms with Gasteiger partial charge in [0.15, 0.2) is 0 Å². The summed E-state index contributed by atoms with van der Waals surface area (Å²) in [5.74, 6) is 0.517. The lowest BCUT2D eigenvalue weighted by Crippen LogP contribution is -2.39. The summed E-state index contributed by atoms with van der Waals surface area (Å²) in [6.45, 7) is 5.74. The molecule has 19 heavy (non-hydrogen) atoms. The van der Waals surface area contributed by atoms with Crippen molar-refractivity contribution in [2.24, 2.45) is 17.1 Å². The van der Waals surface area contributed by atoms with E-state index in [2.05, 4.69) is 19.2 Å². The van der Waals surface area contributed by atoms with Gasteiger partial charge in [-0.15, -0.1) is 0 Å². The average Bonchev–Trinajstić information content (AvgIpc) is 2.37. The zero-order chi connectivity index (χ0) is 14.3. The third kappa shape index (κ3) is 6.39. The number of amides is 1. The molecule has 0 saturated heterocycles. The van der Waals surface area contributed by atoms with E-state index in [4.69, 9.17) is 10.5 Å². The summed E-state index contributed by atoms with van der Waals surface area (Å²) in [5.41, 5.74) is 6.16. The second-order valence-electron chi connectivity index (χ2n) is 6.60. The number of ether oxygens (including phenoxy) is 1. The largest absolute Gasteiger partial charge is 0.385 e. The summed E-state index contributed by atoms with van der Waals surface area (Å²) in [5, 5.41) is 3.05. The predicted octanol–water partition coefficient (Wildman–Crippen LogP) is 2.07. The zero-order valence-corrected chi connectivity index (χ0v) is 12.7. The number of methoxy groups -OCH3 is 1. The van der Waals surface area contributed by atoms with Crippen LogP contribution in [0.15, 0.2) is 0 Å². The van der Waals surface area contributed by atoms with Gasteiger partial charge >= 0.3 is 0 Å². The summed E-state index contributed by atoms with van der Waals surface area (Å²) in [4.78, 5) is 12.0. The molecule has 3 N–H and O–H groups in total. The van der Waals surface area contributed by atoms with E-state index < -0.39 is 0 Å². The lowest BCUT2D eigenvalue weighted by Gasteiger charge is -2.29. The van der Waals surface area contributed by atoms with Gasteiger partial charge in [-0.05, 0) is 30.6 Å². The summed E-state index contributed by atoms with van der Waals surface area (Å²) in [6, 6.07) is 0.209. The molecule has 0 aromatic rings. The second-order valence-corrected chi connectivity index (χ2v) is 6.60. The normalized spacial score (nSPS) is 24.2. The molecule has 4 nitrogen and oxygen atoms in total. The van der Waals surface area contributed by atoms with Gasteiger partial charge in [-0.1, -0.05) is 26.7 Å². The molecule has 1 fully saturated rings. The van der Waals surface area contributed by atoms with Gasteiger partial charge in [0.05, 0.1) is 0 Å². The van der Waals surface area contributed by atoms with Crippen LogP contribution in [0.1, 0.15) is 52.4 Å². The summed E-state index contributed by atoms with van der Waals surface area (Å²) in [6.07, 6.45) is 6.13. The Labute approximate surface area is 117 Å². The van der Waals surface area contributed by atoms with Crippen molar-refractivity contribution < 1.29 is 9.53 Å². The molecule has 0 aromatic carbocycles. The van der Waals surface area contributed by atoms with E-state index in [0.717, 1.165) is 25.9 Å². The van der Waals surface area contributed by atoms with Gasteiger partial charge in [-0.2, -0.15) is 0 Å². The molecule has 0 radical (unpaired) electrons. The molecule has 112 valence electrons. The van der Waals surface area contributed by atoms with Crippen molar-refractivity contribution in [1.82, 2.24) is 5.32 Å². The third-order valence-corrected chi connectivity index (χ3v) is 4.16. The number of carbonyl (C=O) groups is 1. The van der Waals surface area contributed by atoms with E-state index in [1.165, 1.54) is 12.8 Å². The van der Waals surface area contributed by atoms with Crippen LogP contribution in [0, 0.1) is 11.3 Å². The van der Waals surface area contributed by atoms with Crippen LogP contribution in [0.3, 0.4) is 0 Å². The van der Waals surface area contributed by atoms with Gasteiger partial charge in [-0.25, -0.2) is 0 Å². The minimum atomic E-state index is 0.0837. The SMILES string of the molecule is COCCC(C)(C)CNC(=O)CC1CCCCC1N. The Hall–Kier alpha value is -0.610. The van der Waals surface area contributed by atoms with E-state index in [1.54, 1.807) is 7.11 Å². The molecule has 0 aliphatic heterocycles. The Morgan fingerprint density at radius 1 is 1.37 bits per heavy atom. The highest BCUT2D eigenvalue weighted by atomic mass is 16.5. The van der Waals surface area contributed by atoms with Crippen molar-refractivity contribution in [2.45, 2.75) is 58.4 Å². The number of nitrogens with two attached hydrogens (primary N) is 1. The summed E-state index contributed by atoms with van der Waals surface area (Å²) >= 11 is 0. The van der Waals surface area contributed by atoms with Crippen LogP contribution < -0.4 is 11.1 Å². The van der Waals surface area contributed by atoms with Crippen molar-refractivity contribution in [3.8, 4) is 0 Å². The molecule has 0 spiro atoms. The first kappa shape index (κ1) is 16.4. The van der Waals surface area contributed by atoms with Crippen LogP contribution in [0.4, 0.5) is 0 Å². The van der Waals surface area contributed by atoms with Gasteiger partial charge in [0, 0.05) is 32.7 Å². The highest BCUT2D eigenvalue weighted by molar-refractivity contribution is 5.76. The summed E-state index contributed by atoms with van der Waals surface area (Å²) < 4.78 is 5.09. The Kier molecular flexibility index (Phi) is 6.80. The summed E-state index contributed by atoms with van der Waals surface area (Å²) in [7, 11) is 1.71. The number of hydrogen-bond donors (Lipinski definition) is 2. The zero-order valence-electron chi connectivity index (χ0n) is 12.7. The van der Waals surface area contributed by atoms with Crippen molar-refractivity contribution in [1.29, 1.82) is 0 Å². The monoisotopic (exact) mass is 270 g/mol. The van der Waals surface area contributed by atoms with E-state index in [0.29, 0.717) is 18.9 Å². The van der Waals surface area contributed by atoms with Crippen LogP contribution in [0.25, 0.3) is 0 Å². The van der Waals surface area contributed by atoms with Crippen LogP contribution in [-0.4, -0.2) is 32.2 Å². The Bertz CT molecular complexity index is 279. The Morgan fingerprint density at radius 2 is 2.05 bits per heavy atom. The molecule has 1 aliphatic carbocycles. The first-order valence-corrected chi connectivity index (χ1v) is 7.46. The van der Waals surface area contributed by atoms with Crippen LogP contribution in [0.2, 0.25) is 0 Å². The third-order valence-electron chi connectivity index (χ3n) is 4.16. The minimum absolute atomic E-state index is 0.0837. The van der Waals surface area contributed by atoms with E-state index >= 15 is 0 Å². The Balaban J connectivity index is 2.26. The van der Waals surface area contributed by atoms with Gasteiger partial charge < -0.3 is 15.8 Å². The predicted molar refractivity (Wildman–Crippen MR) is 77.8 cm³/mol. The van der Waals surface area contributed by atoms with Crippen molar-refractivity contribution in [3.05, 3.63) is 0 Å². The fourth-order valence-corrected chi connectivity index (χ4v) is 2.60. The maximum absolute atomic E-state index is 12.0.